The summed E-state index contributed by atoms with van der Waals surface area (Å²) in [6.07, 6.45) is 0. The van der Waals surface area contributed by atoms with Crippen molar-refractivity contribution in [2.24, 2.45) is 0 Å². The molecule has 2 heteroatoms. The Bertz CT molecular complexity index is 3590. The zero-order chi connectivity index (χ0) is 42.0. The van der Waals surface area contributed by atoms with Gasteiger partial charge in [-0.15, -0.1) is 11.3 Å². The summed E-state index contributed by atoms with van der Waals surface area (Å²) >= 11 is 1.87. The summed E-state index contributed by atoms with van der Waals surface area (Å²) in [5, 5.41) is 2.57. The zero-order valence-corrected chi connectivity index (χ0v) is 35.7. The van der Waals surface area contributed by atoms with E-state index < -0.39 is 10.8 Å². The zero-order valence-electron chi connectivity index (χ0n) is 34.9. The maximum absolute atomic E-state index is 2.57. The van der Waals surface area contributed by atoms with Gasteiger partial charge in [-0.2, -0.15) is 0 Å². The van der Waals surface area contributed by atoms with Gasteiger partial charge >= 0.3 is 0 Å². The number of hydrogen-bond donors (Lipinski definition) is 0. The molecule has 0 radical (unpaired) electrons. The normalized spacial score (nSPS) is 14.2. The molecule has 3 aliphatic rings. The minimum atomic E-state index is -0.523. The van der Waals surface area contributed by atoms with Crippen molar-refractivity contribution in [2.75, 3.05) is 4.90 Å². The van der Waals surface area contributed by atoms with Crippen molar-refractivity contribution in [1.29, 1.82) is 0 Å². The Labute approximate surface area is 376 Å². The lowest BCUT2D eigenvalue weighted by molar-refractivity contribution is 0.768. The Balaban J connectivity index is 1.09. The van der Waals surface area contributed by atoms with Gasteiger partial charge in [-0.25, -0.2) is 0 Å². The van der Waals surface area contributed by atoms with Crippen molar-refractivity contribution in [1.82, 2.24) is 0 Å². The largest absolute Gasteiger partial charge is 0.310 e. The van der Waals surface area contributed by atoms with Gasteiger partial charge in [0, 0.05) is 37.1 Å². The smallest absolute Gasteiger partial charge is 0.0726 e. The van der Waals surface area contributed by atoms with Gasteiger partial charge in [-0.05, 0) is 115 Å². The summed E-state index contributed by atoms with van der Waals surface area (Å²) in [4.78, 5) is 2.57. The topological polar surface area (TPSA) is 3.24 Å². The third-order valence-corrected chi connectivity index (χ3v) is 15.7. The predicted molar refractivity (Wildman–Crippen MR) is 268 cm³/mol. The molecule has 0 fully saturated rings. The first kappa shape index (κ1) is 35.8. The Hall–Kier alpha value is -7.78. The van der Waals surface area contributed by atoms with Crippen molar-refractivity contribution < 1.29 is 0 Å². The van der Waals surface area contributed by atoms with Crippen LogP contribution in [0.25, 0.3) is 53.6 Å². The van der Waals surface area contributed by atoms with Crippen LogP contribution in [0.2, 0.25) is 0 Å². The lowest BCUT2D eigenvalue weighted by atomic mass is 9.68. The van der Waals surface area contributed by atoms with Crippen LogP contribution in [0.3, 0.4) is 0 Å². The number of rotatable bonds is 5. The van der Waals surface area contributed by atoms with Gasteiger partial charge in [0.2, 0.25) is 0 Å². The van der Waals surface area contributed by atoms with Gasteiger partial charge in [0.15, 0.2) is 0 Å². The lowest BCUT2D eigenvalue weighted by Gasteiger charge is -2.35. The molecule has 0 saturated heterocycles. The Morgan fingerprint density at radius 3 is 1.41 bits per heavy atom. The van der Waals surface area contributed by atoms with E-state index in [0.29, 0.717) is 0 Å². The molecule has 14 rings (SSSR count). The van der Waals surface area contributed by atoms with E-state index in [4.69, 9.17) is 0 Å². The Morgan fingerprint density at radius 2 is 0.766 bits per heavy atom. The SMILES string of the molecule is c1ccc(C2(c3ccccc3)c3ccccc3-c3c(N(c4ccc5c(c4)C4(c6ccccc6-c6ccccc64)c4ccccc4-5)c4ccc5sc6ccccc6c5c4)cccc32)cc1. The Morgan fingerprint density at radius 1 is 0.297 bits per heavy atom. The summed E-state index contributed by atoms with van der Waals surface area (Å²) < 4.78 is 2.60. The highest BCUT2D eigenvalue weighted by molar-refractivity contribution is 7.25. The van der Waals surface area contributed by atoms with Crippen molar-refractivity contribution in [3.8, 4) is 33.4 Å². The van der Waals surface area contributed by atoms with E-state index in [1.165, 1.54) is 98.1 Å². The summed E-state index contributed by atoms with van der Waals surface area (Å²) in [5.41, 5.74) is 20.7. The molecule has 1 nitrogen and oxygen atoms in total. The van der Waals surface area contributed by atoms with E-state index in [0.717, 1.165) is 17.1 Å². The van der Waals surface area contributed by atoms with E-state index in [2.05, 4.69) is 241 Å². The molecule has 1 heterocycles. The van der Waals surface area contributed by atoms with Gasteiger partial charge in [-0.1, -0.05) is 194 Å². The van der Waals surface area contributed by atoms with Crippen LogP contribution in [0.5, 0.6) is 0 Å². The van der Waals surface area contributed by atoms with E-state index in [-0.39, 0.29) is 0 Å². The summed E-state index contributed by atoms with van der Waals surface area (Å²) in [7, 11) is 0. The monoisotopic (exact) mass is 829 g/mol. The molecule has 0 atom stereocenters. The number of thiophene rings is 1. The minimum absolute atomic E-state index is 0.463. The Kier molecular flexibility index (Phi) is 7.47. The summed E-state index contributed by atoms with van der Waals surface area (Å²) in [6.45, 7) is 0. The van der Waals surface area contributed by atoms with Gasteiger partial charge in [0.1, 0.15) is 0 Å². The van der Waals surface area contributed by atoms with E-state index in [1.54, 1.807) is 0 Å². The third-order valence-electron chi connectivity index (χ3n) is 14.6. The van der Waals surface area contributed by atoms with Crippen molar-refractivity contribution in [3.63, 3.8) is 0 Å². The molecular weight excluding hydrogens is 791 g/mol. The van der Waals surface area contributed by atoms with Gasteiger partial charge in [0.05, 0.1) is 16.5 Å². The third kappa shape index (κ3) is 4.57. The van der Waals surface area contributed by atoms with E-state index in [1.807, 2.05) is 11.3 Å². The average molecular weight is 830 g/mol. The maximum Gasteiger partial charge on any atom is 0.0726 e. The second kappa shape index (κ2) is 13.4. The number of anilines is 3. The van der Waals surface area contributed by atoms with Crippen LogP contribution in [0.4, 0.5) is 17.1 Å². The molecule has 1 aromatic heterocycles. The maximum atomic E-state index is 2.57. The number of fused-ring (bicyclic) bond motifs is 16. The quantitative estimate of drug-likeness (QED) is 0.167. The number of benzene rings is 10. The van der Waals surface area contributed by atoms with Crippen molar-refractivity contribution >= 4 is 48.6 Å². The lowest BCUT2D eigenvalue weighted by Crippen LogP contribution is -2.28. The second-order valence-electron chi connectivity index (χ2n) is 17.5. The molecule has 0 amide bonds. The van der Waals surface area contributed by atoms with Gasteiger partial charge in [0.25, 0.3) is 0 Å². The van der Waals surface area contributed by atoms with Crippen LogP contribution in [0.1, 0.15) is 44.5 Å². The molecule has 10 aromatic carbocycles. The van der Waals surface area contributed by atoms with Gasteiger partial charge < -0.3 is 4.90 Å². The van der Waals surface area contributed by atoms with Crippen LogP contribution in [0, 0.1) is 0 Å². The minimum Gasteiger partial charge on any atom is -0.310 e. The molecule has 1 spiro atoms. The molecule has 298 valence electrons. The standard InChI is InChI=1S/C62H39NS/c1-3-18-40(19-4-1)61(41-20-5-2-6-21-41)54-30-15-10-26-49(54)60-55(61)31-17-32-57(60)63(42-35-37-59-50(38-42)48-25-11-16-33-58(48)64-59)43-34-36-47-46-24-9-14-29-53(46)62(56(47)39-43)51-27-12-7-22-44(51)45-23-8-13-28-52(45)62/h1-39H. The van der Waals surface area contributed by atoms with Crippen LogP contribution in [0.15, 0.2) is 237 Å². The molecular formula is C62H39NS. The molecule has 0 saturated carbocycles. The average Bonchev–Trinajstić information content (AvgIpc) is 4.07. The first-order valence-corrected chi connectivity index (χ1v) is 23.1. The molecule has 3 aliphatic carbocycles. The van der Waals surface area contributed by atoms with Crippen LogP contribution in [-0.2, 0) is 10.8 Å². The van der Waals surface area contributed by atoms with Gasteiger partial charge in [-0.3, -0.25) is 0 Å². The predicted octanol–water partition coefficient (Wildman–Crippen LogP) is 16.2. The van der Waals surface area contributed by atoms with Crippen LogP contribution >= 0.6 is 11.3 Å². The molecule has 64 heavy (non-hydrogen) atoms. The van der Waals surface area contributed by atoms with E-state index in [9.17, 15) is 0 Å². The summed E-state index contributed by atoms with van der Waals surface area (Å²) in [5.74, 6) is 0. The van der Waals surface area contributed by atoms with E-state index >= 15 is 0 Å². The first-order chi connectivity index (χ1) is 31.8. The fourth-order valence-electron chi connectivity index (χ4n) is 12.2. The number of hydrogen-bond acceptors (Lipinski definition) is 2. The molecule has 0 N–H and O–H groups in total. The highest BCUT2D eigenvalue weighted by Gasteiger charge is 2.52. The molecule has 0 bridgehead atoms. The fraction of sp³-hybridized carbons (Fsp3) is 0.0323. The van der Waals surface area contributed by atoms with Crippen molar-refractivity contribution in [2.45, 2.75) is 10.8 Å². The van der Waals surface area contributed by atoms with Crippen LogP contribution in [-0.4, -0.2) is 0 Å². The first-order valence-electron chi connectivity index (χ1n) is 22.3. The van der Waals surface area contributed by atoms with Crippen LogP contribution < -0.4 is 4.90 Å². The molecule has 0 unspecified atom stereocenters. The fourth-order valence-corrected chi connectivity index (χ4v) is 13.2. The van der Waals surface area contributed by atoms with Crippen molar-refractivity contribution in [3.05, 3.63) is 281 Å². The second-order valence-corrected chi connectivity index (χ2v) is 18.5. The molecule has 0 aliphatic heterocycles. The highest BCUT2D eigenvalue weighted by Crippen LogP contribution is 2.64. The highest BCUT2D eigenvalue weighted by atomic mass is 32.1. The molecule has 11 aromatic rings. The summed E-state index contributed by atoms with van der Waals surface area (Å²) in [6, 6.07) is 89.0. The number of nitrogens with zero attached hydrogens (tertiary/aromatic N) is 1.